The standard InChI is InChI=1S/C24H15BrF2N2O4/c25-20-12-14(4-9-21(20)33-13-15-2-1-3-17(27)10-15)11-19-22(30)28-24(32)29(23(19)31)18-7-5-16(26)6-8-18/h1-12H,13H2,(H,28,30,32)/b19-11+. The molecule has 1 saturated heterocycles. The zero-order valence-corrected chi connectivity index (χ0v) is 18.4. The summed E-state index contributed by atoms with van der Waals surface area (Å²) < 4.78 is 32.8. The molecule has 0 atom stereocenters. The van der Waals surface area contributed by atoms with Gasteiger partial charge in [0.05, 0.1) is 10.2 Å². The van der Waals surface area contributed by atoms with Gasteiger partial charge in [0.25, 0.3) is 11.8 Å². The summed E-state index contributed by atoms with van der Waals surface area (Å²) in [6, 6.07) is 14.7. The van der Waals surface area contributed by atoms with Gasteiger partial charge in [0.15, 0.2) is 0 Å². The SMILES string of the molecule is O=C1NC(=O)N(c2ccc(F)cc2)C(=O)/C1=C/c1ccc(OCc2cccc(F)c2)c(Br)c1. The highest BCUT2D eigenvalue weighted by Gasteiger charge is 2.36. The van der Waals surface area contributed by atoms with Gasteiger partial charge in [-0.25, -0.2) is 18.5 Å². The number of nitrogens with one attached hydrogen (secondary N) is 1. The van der Waals surface area contributed by atoms with Crippen molar-refractivity contribution in [3.8, 4) is 5.75 Å². The van der Waals surface area contributed by atoms with Crippen molar-refractivity contribution in [2.24, 2.45) is 0 Å². The van der Waals surface area contributed by atoms with Gasteiger partial charge in [-0.1, -0.05) is 18.2 Å². The first kappa shape index (κ1) is 22.3. The van der Waals surface area contributed by atoms with Crippen LogP contribution in [0.2, 0.25) is 0 Å². The van der Waals surface area contributed by atoms with Crippen molar-refractivity contribution in [3.05, 3.63) is 99.5 Å². The minimum Gasteiger partial charge on any atom is -0.488 e. The Morgan fingerprint density at radius 1 is 0.939 bits per heavy atom. The molecule has 0 saturated carbocycles. The smallest absolute Gasteiger partial charge is 0.335 e. The molecule has 3 aromatic carbocycles. The Bertz CT molecular complexity index is 1290. The largest absolute Gasteiger partial charge is 0.488 e. The molecular formula is C24H15BrF2N2O4. The van der Waals surface area contributed by atoms with Crippen LogP contribution in [0.5, 0.6) is 5.75 Å². The van der Waals surface area contributed by atoms with Crippen molar-refractivity contribution in [1.29, 1.82) is 0 Å². The highest BCUT2D eigenvalue weighted by molar-refractivity contribution is 9.10. The molecule has 1 fully saturated rings. The fourth-order valence-corrected chi connectivity index (χ4v) is 3.67. The molecule has 4 amide bonds. The summed E-state index contributed by atoms with van der Waals surface area (Å²) in [6.45, 7) is 0.145. The number of imide groups is 2. The lowest BCUT2D eigenvalue weighted by Crippen LogP contribution is -2.54. The van der Waals surface area contributed by atoms with Crippen LogP contribution in [0.4, 0.5) is 19.3 Å². The van der Waals surface area contributed by atoms with Crippen LogP contribution in [-0.2, 0) is 16.2 Å². The lowest BCUT2D eigenvalue weighted by atomic mass is 10.1. The Hall–Kier alpha value is -3.85. The van der Waals surface area contributed by atoms with E-state index in [4.69, 9.17) is 4.74 Å². The van der Waals surface area contributed by atoms with Gasteiger partial charge in [0.2, 0.25) is 0 Å². The molecule has 9 heteroatoms. The number of hydrogen-bond acceptors (Lipinski definition) is 4. The van der Waals surface area contributed by atoms with E-state index in [1.807, 2.05) is 0 Å². The van der Waals surface area contributed by atoms with Gasteiger partial charge in [0, 0.05) is 0 Å². The maximum Gasteiger partial charge on any atom is 0.335 e. The quantitative estimate of drug-likeness (QED) is 0.386. The van der Waals surface area contributed by atoms with Crippen molar-refractivity contribution >= 4 is 45.5 Å². The average Bonchev–Trinajstić information content (AvgIpc) is 2.77. The third-order valence-corrected chi connectivity index (χ3v) is 5.36. The number of nitrogens with zero attached hydrogens (tertiary/aromatic N) is 1. The molecule has 0 aliphatic carbocycles. The number of amides is 4. The fourth-order valence-electron chi connectivity index (χ4n) is 3.16. The van der Waals surface area contributed by atoms with Crippen molar-refractivity contribution < 1.29 is 27.9 Å². The lowest BCUT2D eigenvalue weighted by Gasteiger charge is -2.26. The molecule has 3 aromatic rings. The molecule has 0 spiro atoms. The number of anilines is 1. The molecule has 166 valence electrons. The van der Waals surface area contributed by atoms with Crippen LogP contribution in [-0.4, -0.2) is 17.8 Å². The molecule has 0 radical (unpaired) electrons. The number of carbonyl (C=O) groups is 3. The minimum absolute atomic E-state index is 0.125. The molecule has 0 aromatic heterocycles. The summed E-state index contributed by atoms with van der Waals surface area (Å²) in [6.07, 6.45) is 1.34. The summed E-state index contributed by atoms with van der Waals surface area (Å²) in [5.41, 5.74) is 1.01. The zero-order valence-electron chi connectivity index (χ0n) is 16.8. The van der Waals surface area contributed by atoms with E-state index >= 15 is 0 Å². The van der Waals surface area contributed by atoms with Crippen molar-refractivity contribution in [2.45, 2.75) is 6.61 Å². The van der Waals surface area contributed by atoms with E-state index in [0.717, 1.165) is 17.0 Å². The van der Waals surface area contributed by atoms with Crippen LogP contribution < -0.4 is 15.0 Å². The number of urea groups is 1. The number of halogens is 3. The molecule has 1 aliphatic heterocycles. The van der Waals surface area contributed by atoms with Gasteiger partial charge in [0.1, 0.15) is 29.6 Å². The molecule has 4 rings (SSSR count). The predicted octanol–water partition coefficient (Wildman–Crippen LogP) is 4.97. The summed E-state index contributed by atoms with van der Waals surface area (Å²) in [5.74, 6) is -2.09. The zero-order chi connectivity index (χ0) is 23.5. The number of benzene rings is 3. The van der Waals surface area contributed by atoms with Crippen LogP contribution in [0, 0.1) is 11.6 Å². The van der Waals surface area contributed by atoms with Crippen LogP contribution in [0.15, 0.2) is 76.8 Å². The van der Waals surface area contributed by atoms with Gasteiger partial charge < -0.3 is 4.74 Å². The van der Waals surface area contributed by atoms with E-state index in [-0.39, 0.29) is 23.7 Å². The Morgan fingerprint density at radius 3 is 2.39 bits per heavy atom. The first-order valence-corrected chi connectivity index (χ1v) is 10.4. The molecule has 33 heavy (non-hydrogen) atoms. The highest BCUT2D eigenvalue weighted by Crippen LogP contribution is 2.29. The fraction of sp³-hybridized carbons (Fsp3) is 0.0417. The molecular weight excluding hydrogens is 498 g/mol. The number of hydrogen-bond donors (Lipinski definition) is 1. The van der Waals surface area contributed by atoms with E-state index in [2.05, 4.69) is 21.2 Å². The third kappa shape index (κ3) is 4.98. The van der Waals surface area contributed by atoms with Gasteiger partial charge in [-0.15, -0.1) is 0 Å². The minimum atomic E-state index is -0.920. The molecule has 1 heterocycles. The maximum atomic E-state index is 13.3. The summed E-state index contributed by atoms with van der Waals surface area (Å²) in [4.78, 5) is 38.2. The predicted molar refractivity (Wildman–Crippen MR) is 120 cm³/mol. The van der Waals surface area contributed by atoms with Gasteiger partial charge in [-0.2, -0.15) is 0 Å². The third-order valence-electron chi connectivity index (χ3n) is 4.74. The Kier molecular flexibility index (Phi) is 6.32. The average molecular weight is 513 g/mol. The summed E-state index contributed by atoms with van der Waals surface area (Å²) >= 11 is 3.38. The van der Waals surface area contributed by atoms with Gasteiger partial charge >= 0.3 is 6.03 Å². The van der Waals surface area contributed by atoms with Crippen molar-refractivity contribution in [2.75, 3.05) is 4.90 Å². The number of barbiturate groups is 1. The van der Waals surface area contributed by atoms with E-state index in [9.17, 15) is 23.2 Å². The maximum absolute atomic E-state index is 13.3. The number of carbonyl (C=O) groups excluding carboxylic acids is 3. The van der Waals surface area contributed by atoms with E-state index in [0.29, 0.717) is 21.3 Å². The molecule has 0 bridgehead atoms. The van der Waals surface area contributed by atoms with E-state index < -0.39 is 23.7 Å². The second kappa shape index (κ2) is 9.33. The van der Waals surface area contributed by atoms with Gasteiger partial charge in [-0.3, -0.25) is 14.9 Å². The molecule has 1 N–H and O–H groups in total. The second-order valence-electron chi connectivity index (χ2n) is 7.04. The molecule has 0 unspecified atom stereocenters. The first-order chi connectivity index (χ1) is 15.8. The van der Waals surface area contributed by atoms with Gasteiger partial charge in [-0.05, 0) is 81.7 Å². The highest BCUT2D eigenvalue weighted by atomic mass is 79.9. The second-order valence-corrected chi connectivity index (χ2v) is 7.90. The van der Waals surface area contributed by atoms with Crippen LogP contribution >= 0.6 is 15.9 Å². The normalized spacial score (nSPS) is 15.1. The Balaban J connectivity index is 1.56. The topological polar surface area (TPSA) is 75.7 Å². The molecule has 6 nitrogen and oxygen atoms in total. The van der Waals surface area contributed by atoms with Crippen molar-refractivity contribution in [1.82, 2.24) is 5.32 Å². The number of ether oxygens (including phenoxy) is 1. The molecule has 1 aliphatic rings. The monoisotopic (exact) mass is 512 g/mol. The summed E-state index contributed by atoms with van der Waals surface area (Å²) in [5, 5.41) is 2.11. The van der Waals surface area contributed by atoms with Crippen LogP contribution in [0.1, 0.15) is 11.1 Å². The van der Waals surface area contributed by atoms with E-state index in [1.165, 1.54) is 30.3 Å². The van der Waals surface area contributed by atoms with Crippen LogP contribution in [0.25, 0.3) is 6.08 Å². The number of rotatable bonds is 5. The summed E-state index contributed by atoms with van der Waals surface area (Å²) in [7, 11) is 0. The first-order valence-electron chi connectivity index (χ1n) is 9.65. The van der Waals surface area contributed by atoms with Crippen molar-refractivity contribution in [3.63, 3.8) is 0 Å². The Labute approximate surface area is 195 Å². The van der Waals surface area contributed by atoms with Crippen LogP contribution in [0.3, 0.4) is 0 Å². The lowest BCUT2D eigenvalue weighted by molar-refractivity contribution is -0.122. The van der Waals surface area contributed by atoms with E-state index in [1.54, 1.807) is 30.3 Å². The Morgan fingerprint density at radius 2 is 1.70 bits per heavy atom.